The van der Waals surface area contributed by atoms with Gasteiger partial charge in [0, 0.05) is 50.2 Å². The summed E-state index contributed by atoms with van der Waals surface area (Å²) in [6, 6.07) is 5.55. The van der Waals surface area contributed by atoms with Crippen molar-refractivity contribution in [1.29, 1.82) is 0 Å². The summed E-state index contributed by atoms with van der Waals surface area (Å²) in [7, 11) is 0. The Labute approximate surface area is 165 Å². The van der Waals surface area contributed by atoms with Gasteiger partial charge in [-0.1, -0.05) is 6.07 Å². The predicted octanol–water partition coefficient (Wildman–Crippen LogP) is 2.36. The molecule has 1 saturated heterocycles. The quantitative estimate of drug-likeness (QED) is 0.763. The van der Waals surface area contributed by atoms with Gasteiger partial charge in [-0.2, -0.15) is 0 Å². The molecule has 0 aliphatic carbocycles. The lowest BCUT2D eigenvalue weighted by Gasteiger charge is -2.35. The number of piperazine rings is 1. The molecule has 1 aromatic heterocycles. The Bertz CT molecular complexity index is 866. The van der Waals surface area contributed by atoms with Crippen LogP contribution in [0.5, 0.6) is 0 Å². The third kappa shape index (κ3) is 4.95. The predicted molar refractivity (Wildman–Crippen MR) is 101 cm³/mol. The van der Waals surface area contributed by atoms with E-state index in [4.69, 9.17) is 0 Å². The molecule has 7 nitrogen and oxygen atoms in total. The average molecular weight is 407 g/mol. The number of urea groups is 1. The molecular formula is C19H20F3N5O2. The summed E-state index contributed by atoms with van der Waals surface area (Å²) in [5.41, 5.74) is -0.239. The maximum Gasteiger partial charge on any atom is 0.318 e. The van der Waals surface area contributed by atoms with Gasteiger partial charge >= 0.3 is 6.03 Å². The van der Waals surface area contributed by atoms with E-state index in [1.54, 1.807) is 11.1 Å². The zero-order chi connectivity index (χ0) is 21.0. The van der Waals surface area contributed by atoms with Crippen LogP contribution in [-0.4, -0.2) is 54.0 Å². The van der Waals surface area contributed by atoms with Gasteiger partial charge in [0.2, 0.25) is 5.91 Å². The fraction of sp³-hybridized carbons (Fsp3) is 0.316. The largest absolute Gasteiger partial charge is 0.353 e. The molecule has 154 valence electrons. The molecule has 1 aliphatic rings. The van der Waals surface area contributed by atoms with Crippen LogP contribution >= 0.6 is 0 Å². The highest BCUT2D eigenvalue weighted by molar-refractivity contribution is 5.96. The van der Waals surface area contributed by atoms with E-state index in [9.17, 15) is 22.8 Å². The van der Waals surface area contributed by atoms with Crippen LogP contribution in [0.3, 0.4) is 0 Å². The number of nitrogens with one attached hydrogen (secondary N) is 2. The molecule has 1 aliphatic heterocycles. The molecule has 0 saturated carbocycles. The number of aromatic nitrogens is 1. The monoisotopic (exact) mass is 407 g/mol. The summed E-state index contributed by atoms with van der Waals surface area (Å²) in [5, 5.41) is 4.80. The first-order chi connectivity index (χ1) is 13.8. The van der Waals surface area contributed by atoms with Gasteiger partial charge in [0.05, 0.1) is 0 Å². The van der Waals surface area contributed by atoms with Crippen LogP contribution in [0.25, 0.3) is 0 Å². The molecule has 2 aromatic rings. The van der Waals surface area contributed by atoms with Gasteiger partial charge in [0.15, 0.2) is 17.5 Å². The highest BCUT2D eigenvalue weighted by atomic mass is 19.2. The number of amides is 3. The Morgan fingerprint density at radius 1 is 1.07 bits per heavy atom. The minimum absolute atomic E-state index is 0.239. The number of benzene rings is 1. The molecule has 1 fully saturated rings. The lowest BCUT2D eigenvalue weighted by atomic mass is 10.2. The number of carbonyl (C=O) groups is 2. The van der Waals surface area contributed by atoms with Gasteiger partial charge in [-0.25, -0.2) is 22.9 Å². The maximum atomic E-state index is 13.2. The van der Waals surface area contributed by atoms with E-state index in [1.165, 1.54) is 6.92 Å². The Morgan fingerprint density at radius 2 is 1.72 bits per heavy atom. The van der Waals surface area contributed by atoms with Crippen LogP contribution in [0, 0.1) is 17.5 Å². The van der Waals surface area contributed by atoms with Crippen molar-refractivity contribution in [1.82, 2.24) is 15.2 Å². The third-order valence-electron chi connectivity index (χ3n) is 4.52. The lowest BCUT2D eigenvalue weighted by Crippen LogP contribution is -2.54. The van der Waals surface area contributed by atoms with E-state index in [2.05, 4.69) is 20.5 Å². The first-order valence-electron chi connectivity index (χ1n) is 9.02. The van der Waals surface area contributed by atoms with Crippen molar-refractivity contribution < 1.29 is 22.8 Å². The van der Waals surface area contributed by atoms with E-state index >= 15 is 0 Å². The maximum absolute atomic E-state index is 13.2. The SMILES string of the molecule is C[C@@H](NC(=O)N1CCN(c2ccccn2)CC1)C(=O)Nc1cc(F)c(F)c(F)c1. The highest BCUT2D eigenvalue weighted by Gasteiger charge is 2.24. The zero-order valence-electron chi connectivity index (χ0n) is 15.7. The number of pyridine rings is 1. The Balaban J connectivity index is 1.51. The number of hydrogen-bond donors (Lipinski definition) is 2. The van der Waals surface area contributed by atoms with Crippen LogP contribution in [0.2, 0.25) is 0 Å². The molecule has 0 radical (unpaired) electrons. The average Bonchev–Trinajstić information content (AvgIpc) is 2.72. The molecule has 1 aromatic carbocycles. The fourth-order valence-corrected chi connectivity index (χ4v) is 2.90. The van der Waals surface area contributed by atoms with Crippen molar-refractivity contribution in [3.8, 4) is 0 Å². The van der Waals surface area contributed by atoms with E-state index < -0.39 is 35.4 Å². The molecule has 1 atom stereocenters. The first-order valence-corrected chi connectivity index (χ1v) is 9.02. The minimum Gasteiger partial charge on any atom is -0.353 e. The van der Waals surface area contributed by atoms with Crippen LogP contribution in [0.1, 0.15) is 6.92 Å². The Hall–Kier alpha value is -3.30. The lowest BCUT2D eigenvalue weighted by molar-refractivity contribution is -0.117. The van der Waals surface area contributed by atoms with Gasteiger partial charge in [0.1, 0.15) is 11.9 Å². The Morgan fingerprint density at radius 3 is 2.31 bits per heavy atom. The van der Waals surface area contributed by atoms with Gasteiger partial charge < -0.3 is 20.4 Å². The van der Waals surface area contributed by atoms with Crippen molar-refractivity contribution in [2.75, 3.05) is 36.4 Å². The second kappa shape index (κ2) is 8.80. The molecule has 0 unspecified atom stereocenters. The van der Waals surface area contributed by atoms with Crippen molar-refractivity contribution in [3.05, 3.63) is 54.0 Å². The molecule has 0 spiro atoms. The van der Waals surface area contributed by atoms with E-state index in [0.717, 1.165) is 5.82 Å². The molecule has 3 amide bonds. The van der Waals surface area contributed by atoms with Crippen LogP contribution < -0.4 is 15.5 Å². The van der Waals surface area contributed by atoms with Crippen LogP contribution in [0.15, 0.2) is 36.5 Å². The Kier molecular flexibility index (Phi) is 6.20. The first kappa shape index (κ1) is 20.4. The molecule has 10 heteroatoms. The van der Waals surface area contributed by atoms with Gasteiger partial charge in [-0.3, -0.25) is 4.79 Å². The van der Waals surface area contributed by atoms with Crippen molar-refractivity contribution in [2.24, 2.45) is 0 Å². The second-order valence-corrected chi connectivity index (χ2v) is 6.58. The topological polar surface area (TPSA) is 77.6 Å². The smallest absolute Gasteiger partial charge is 0.318 e. The second-order valence-electron chi connectivity index (χ2n) is 6.58. The number of hydrogen-bond acceptors (Lipinski definition) is 4. The molecule has 3 rings (SSSR count). The van der Waals surface area contributed by atoms with Crippen molar-refractivity contribution in [2.45, 2.75) is 13.0 Å². The molecule has 0 bridgehead atoms. The zero-order valence-corrected chi connectivity index (χ0v) is 15.7. The van der Waals surface area contributed by atoms with E-state index in [1.807, 2.05) is 18.2 Å². The summed E-state index contributed by atoms with van der Waals surface area (Å²) in [6.45, 7) is 3.53. The molecule has 29 heavy (non-hydrogen) atoms. The van der Waals surface area contributed by atoms with E-state index in [-0.39, 0.29) is 5.69 Å². The van der Waals surface area contributed by atoms with Crippen molar-refractivity contribution >= 4 is 23.4 Å². The minimum atomic E-state index is -1.62. The normalized spacial score (nSPS) is 15.0. The molecule has 2 N–H and O–H groups in total. The van der Waals surface area contributed by atoms with Crippen LogP contribution in [-0.2, 0) is 4.79 Å². The number of halogens is 3. The van der Waals surface area contributed by atoms with Gasteiger partial charge in [-0.15, -0.1) is 0 Å². The third-order valence-corrected chi connectivity index (χ3v) is 4.52. The highest BCUT2D eigenvalue weighted by Crippen LogP contribution is 2.17. The summed E-state index contributed by atoms with van der Waals surface area (Å²) in [4.78, 5) is 32.5. The van der Waals surface area contributed by atoms with E-state index in [0.29, 0.717) is 38.3 Å². The summed E-state index contributed by atoms with van der Waals surface area (Å²) in [6.07, 6.45) is 1.70. The fourth-order valence-electron chi connectivity index (χ4n) is 2.90. The molecular weight excluding hydrogens is 387 g/mol. The summed E-state index contributed by atoms with van der Waals surface area (Å²) >= 11 is 0. The summed E-state index contributed by atoms with van der Waals surface area (Å²) in [5.74, 6) is -4.30. The van der Waals surface area contributed by atoms with Crippen molar-refractivity contribution in [3.63, 3.8) is 0 Å². The number of nitrogens with zero attached hydrogens (tertiary/aromatic N) is 3. The van der Waals surface area contributed by atoms with Gasteiger partial charge in [0.25, 0.3) is 0 Å². The number of carbonyl (C=O) groups excluding carboxylic acids is 2. The van der Waals surface area contributed by atoms with Gasteiger partial charge in [-0.05, 0) is 19.1 Å². The van der Waals surface area contributed by atoms with Crippen LogP contribution in [0.4, 0.5) is 29.5 Å². The summed E-state index contributed by atoms with van der Waals surface area (Å²) < 4.78 is 39.5. The number of anilines is 2. The molecule has 2 heterocycles. The number of rotatable bonds is 4. The standard InChI is InChI=1S/C19H20F3N5O2/c1-12(18(28)25-13-10-14(20)17(22)15(21)11-13)24-19(29)27-8-6-26(7-9-27)16-4-2-3-5-23-16/h2-5,10-12H,6-9H2,1H3,(H,24,29)(H,25,28)/t12-/m1/s1.